The maximum atomic E-state index is 11.8. The lowest BCUT2D eigenvalue weighted by Gasteiger charge is -2.11. The van der Waals surface area contributed by atoms with E-state index < -0.39 is 9.84 Å². The topological polar surface area (TPSA) is 72.5 Å². The predicted octanol–water partition coefficient (Wildman–Crippen LogP) is 1.77. The molecule has 0 saturated carbocycles. The summed E-state index contributed by atoms with van der Waals surface area (Å²) in [6, 6.07) is 13.6. The number of ether oxygens (including phenoxy) is 1. The molecule has 1 N–H and O–H groups in total. The summed E-state index contributed by atoms with van der Waals surface area (Å²) in [5, 5.41) is 4.92. The summed E-state index contributed by atoms with van der Waals surface area (Å²) < 4.78 is 28.2. The Morgan fingerprint density at radius 3 is 2.70 bits per heavy atom. The molecule has 3 rings (SSSR count). The highest BCUT2D eigenvalue weighted by Gasteiger charge is 2.27. The first-order valence-electron chi connectivity index (χ1n) is 7.60. The zero-order valence-corrected chi connectivity index (χ0v) is 13.5. The first-order chi connectivity index (χ1) is 11.0. The number of hydrogen-bond acceptors (Lipinski definition) is 4. The highest BCUT2D eigenvalue weighted by Crippen LogP contribution is 2.20. The Hall–Kier alpha value is -2.08. The summed E-state index contributed by atoms with van der Waals surface area (Å²) in [5.41, 5.74) is 0. The van der Waals surface area contributed by atoms with Crippen LogP contribution in [0.5, 0.6) is 5.75 Å². The lowest BCUT2D eigenvalue weighted by atomic mass is 10.1. The van der Waals surface area contributed by atoms with Crippen LogP contribution in [0, 0.1) is 5.92 Å². The van der Waals surface area contributed by atoms with E-state index in [2.05, 4.69) is 5.32 Å². The van der Waals surface area contributed by atoms with Crippen molar-refractivity contribution in [2.45, 2.75) is 6.42 Å². The third-order valence-electron chi connectivity index (χ3n) is 4.01. The number of benzene rings is 2. The molecule has 1 fully saturated rings. The first kappa shape index (κ1) is 15.8. The van der Waals surface area contributed by atoms with Crippen LogP contribution in [0.15, 0.2) is 42.5 Å². The van der Waals surface area contributed by atoms with Crippen LogP contribution in [-0.2, 0) is 14.6 Å². The van der Waals surface area contributed by atoms with Gasteiger partial charge in [0.1, 0.15) is 5.75 Å². The molecule has 0 aliphatic carbocycles. The van der Waals surface area contributed by atoms with E-state index in [9.17, 15) is 13.2 Å². The van der Waals surface area contributed by atoms with Gasteiger partial charge in [0.05, 0.1) is 11.5 Å². The van der Waals surface area contributed by atoms with Gasteiger partial charge >= 0.3 is 0 Å². The summed E-state index contributed by atoms with van der Waals surface area (Å²) in [4.78, 5) is 11.8. The van der Waals surface area contributed by atoms with E-state index in [1.54, 1.807) is 0 Å². The van der Waals surface area contributed by atoms with Crippen molar-refractivity contribution in [1.29, 1.82) is 0 Å². The molecule has 0 bridgehead atoms. The molecule has 5 nitrogen and oxygen atoms in total. The van der Waals surface area contributed by atoms with Gasteiger partial charge in [-0.2, -0.15) is 0 Å². The fourth-order valence-electron chi connectivity index (χ4n) is 2.75. The summed E-state index contributed by atoms with van der Waals surface area (Å²) in [7, 11) is -2.90. The molecule has 1 unspecified atom stereocenters. The van der Waals surface area contributed by atoms with Gasteiger partial charge in [0.25, 0.3) is 5.91 Å². The molecule has 122 valence electrons. The van der Waals surface area contributed by atoms with E-state index >= 15 is 0 Å². The second-order valence-corrected chi connectivity index (χ2v) is 8.10. The number of hydrogen-bond donors (Lipinski definition) is 1. The molecule has 1 heterocycles. The van der Waals surface area contributed by atoms with Gasteiger partial charge in [-0.1, -0.05) is 30.3 Å². The van der Waals surface area contributed by atoms with Gasteiger partial charge in [-0.15, -0.1) is 0 Å². The summed E-state index contributed by atoms with van der Waals surface area (Å²) in [6.07, 6.45) is 0.619. The molecule has 1 aliphatic rings. The van der Waals surface area contributed by atoms with Crippen molar-refractivity contribution in [2.24, 2.45) is 5.92 Å². The van der Waals surface area contributed by atoms with Crippen LogP contribution >= 0.6 is 0 Å². The normalized spacial score (nSPS) is 19.6. The molecular formula is C17H19NO4S. The van der Waals surface area contributed by atoms with Gasteiger partial charge < -0.3 is 10.1 Å². The van der Waals surface area contributed by atoms with Crippen molar-refractivity contribution < 1.29 is 17.9 Å². The molecule has 1 amide bonds. The van der Waals surface area contributed by atoms with Crippen LogP contribution in [0.3, 0.4) is 0 Å². The van der Waals surface area contributed by atoms with E-state index in [4.69, 9.17) is 4.74 Å². The lowest BCUT2D eigenvalue weighted by molar-refractivity contribution is -0.123. The number of nitrogens with one attached hydrogen (secondary N) is 1. The highest BCUT2D eigenvalue weighted by molar-refractivity contribution is 7.91. The standard InChI is InChI=1S/C17H19NO4S/c19-17(18-10-13-7-8-23(20,21)12-13)11-22-16-6-5-14-3-1-2-4-15(14)9-16/h1-6,9,13H,7-8,10-12H2,(H,18,19). The van der Waals surface area contributed by atoms with Gasteiger partial charge in [0.15, 0.2) is 16.4 Å². The number of carbonyl (C=O) groups is 1. The zero-order chi connectivity index (χ0) is 16.3. The highest BCUT2D eigenvalue weighted by atomic mass is 32.2. The molecule has 0 aromatic heterocycles. The van der Waals surface area contributed by atoms with E-state index in [-0.39, 0.29) is 29.9 Å². The molecule has 6 heteroatoms. The van der Waals surface area contributed by atoms with Crippen LogP contribution in [0.1, 0.15) is 6.42 Å². The maximum Gasteiger partial charge on any atom is 0.257 e. The molecule has 0 radical (unpaired) electrons. The minimum atomic E-state index is -2.90. The van der Waals surface area contributed by atoms with Crippen LogP contribution in [-0.4, -0.2) is 39.0 Å². The fourth-order valence-corrected chi connectivity index (χ4v) is 4.61. The number of rotatable bonds is 5. The quantitative estimate of drug-likeness (QED) is 0.905. The van der Waals surface area contributed by atoms with E-state index in [1.807, 2.05) is 42.5 Å². The molecule has 1 saturated heterocycles. The molecular weight excluding hydrogens is 314 g/mol. The predicted molar refractivity (Wildman–Crippen MR) is 89.2 cm³/mol. The summed E-state index contributed by atoms with van der Waals surface area (Å²) in [5.74, 6) is 0.814. The SMILES string of the molecule is O=C(COc1ccc2ccccc2c1)NCC1CCS(=O)(=O)C1. The maximum absolute atomic E-state index is 11.8. The zero-order valence-electron chi connectivity index (χ0n) is 12.7. The van der Waals surface area contributed by atoms with Crippen molar-refractivity contribution in [1.82, 2.24) is 5.32 Å². The molecule has 23 heavy (non-hydrogen) atoms. The minimum absolute atomic E-state index is 0.0182. The van der Waals surface area contributed by atoms with Gasteiger partial charge in [-0.25, -0.2) is 8.42 Å². The van der Waals surface area contributed by atoms with Gasteiger partial charge in [-0.05, 0) is 35.2 Å². The fraction of sp³-hybridized carbons (Fsp3) is 0.353. The van der Waals surface area contributed by atoms with Crippen LogP contribution in [0.25, 0.3) is 10.8 Å². The molecule has 0 spiro atoms. The van der Waals surface area contributed by atoms with Gasteiger partial charge in [-0.3, -0.25) is 4.79 Å². The third kappa shape index (κ3) is 4.22. The van der Waals surface area contributed by atoms with Crippen molar-refractivity contribution in [3.8, 4) is 5.75 Å². The monoisotopic (exact) mass is 333 g/mol. The third-order valence-corrected chi connectivity index (χ3v) is 5.84. The van der Waals surface area contributed by atoms with Crippen LogP contribution in [0.4, 0.5) is 0 Å². The van der Waals surface area contributed by atoms with Crippen molar-refractivity contribution >= 4 is 26.5 Å². The van der Waals surface area contributed by atoms with Crippen molar-refractivity contribution in [2.75, 3.05) is 24.7 Å². The number of fused-ring (bicyclic) bond motifs is 1. The molecule has 1 aliphatic heterocycles. The largest absolute Gasteiger partial charge is 0.484 e. The Labute approximate surface area is 135 Å². The Bertz CT molecular complexity index is 816. The summed E-state index contributed by atoms with van der Waals surface area (Å²) >= 11 is 0. The van der Waals surface area contributed by atoms with Crippen molar-refractivity contribution in [3.63, 3.8) is 0 Å². The van der Waals surface area contributed by atoms with Crippen LogP contribution < -0.4 is 10.1 Å². The second kappa shape index (κ2) is 6.58. The summed E-state index contributed by atoms with van der Waals surface area (Å²) in [6.45, 7) is 0.316. The number of carbonyl (C=O) groups excluding carboxylic acids is 1. The average Bonchev–Trinajstić information content (AvgIpc) is 2.90. The van der Waals surface area contributed by atoms with E-state index in [0.717, 1.165) is 10.8 Å². The average molecular weight is 333 g/mol. The number of amides is 1. The Morgan fingerprint density at radius 2 is 1.96 bits per heavy atom. The smallest absolute Gasteiger partial charge is 0.257 e. The first-order valence-corrected chi connectivity index (χ1v) is 9.43. The van der Waals surface area contributed by atoms with Gasteiger partial charge in [0, 0.05) is 6.54 Å². The van der Waals surface area contributed by atoms with E-state index in [0.29, 0.717) is 18.7 Å². The number of sulfone groups is 1. The minimum Gasteiger partial charge on any atom is -0.484 e. The Balaban J connectivity index is 1.48. The second-order valence-electron chi connectivity index (χ2n) is 5.87. The Morgan fingerprint density at radius 1 is 1.17 bits per heavy atom. The molecule has 2 aromatic carbocycles. The van der Waals surface area contributed by atoms with Crippen molar-refractivity contribution in [3.05, 3.63) is 42.5 Å². The Kier molecular flexibility index (Phi) is 4.52. The molecule has 1 atom stereocenters. The molecule has 2 aromatic rings. The lowest BCUT2D eigenvalue weighted by Crippen LogP contribution is -2.33. The van der Waals surface area contributed by atoms with Gasteiger partial charge in [0.2, 0.25) is 0 Å². The van der Waals surface area contributed by atoms with E-state index in [1.165, 1.54) is 0 Å². The van der Waals surface area contributed by atoms with Crippen LogP contribution in [0.2, 0.25) is 0 Å².